The Labute approximate surface area is 142 Å². The molecule has 0 saturated carbocycles. The number of hydrogen-bond acceptors (Lipinski definition) is 1. The van der Waals surface area contributed by atoms with E-state index in [9.17, 15) is 13.6 Å². The monoisotopic (exact) mass is 333 g/mol. The molecule has 0 radical (unpaired) electrons. The van der Waals surface area contributed by atoms with Crippen molar-refractivity contribution >= 4 is 17.2 Å². The molecule has 0 saturated heterocycles. The Morgan fingerprint density at radius 3 is 2.40 bits per heavy atom. The second-order valence-corrected chi connectivity index (χ2v) is 5.78. The van der Waals surface area contributed by atoms with E-state index >= 15 is 0 Å². The van der Waals surface area contributed by atoms with Crippen LogP contribution in [0.3, 0.4) is 0 Å². The van der Waals surface area contributed by atoms with Gasteiger partial charge in [0.2, 0.25) is 0 Å². The third kappa shape index (κ3) is 2.62. The van der Waals surface area contributed by atoms with E-state index in [0.717, 1.165) is 29.3 Å². The zero-order valence-electron chi connectivity index (χ0n) is 13.1. The maximum absolute atomic E-state index is 14.1. The van der Waals surface area contributed by atoms with E-state index in [2.05, 4.69) is 4.98 Å². The van der Waals surface area contributed by atoms with Crippen LogP contribution in [0, 0.1) is 11.6 Å². The summed E-state index contributed by atoms with van der Waals surface area (Å²) < 4.78 is 27.7. The first-order chi connectivity index (χ1) is 12.2. The van der Waals surface area contributed by atoms with Crippen LogP contribution in [0.5, 0.6) is 0 Å². The molecule has 0 aliphatic carbocycles. The second-order valence-electron chi connectivity index (χ2n) is 5.78. The Balaban J connectivity index is 1.96. The fourth-order valence-electron chi connectivity index (χ4n) is 3.05. The zero-order valence-corrected chi connectivity index (χ0v) is 13.1. The summed E-state index contributed by atoms with van der Waals surface area (Å²) in [6.45, 7) is 0. The van der Waals surface area contributed by atoms with Gasteiger partial charge < -0.3 is 4.98 Å². The van der Waals surface area contributed by atoms with Crippen LogP contribution in [0.1, 0.15) is 10.4 Å². The number of aldehydes is 1. The summed E-state index contributed by atoms with van der Waals surface area (Å²) >= 11 is 0. The highest BCUT2D eigenvalue weighted by molar-refractivity contribution is 6.05. The smallest absolute Gasteiger partial charge is 0.152 e. The molecular formula is C21H13F2NO. The molecule has 0 atom stereocenters. The molecular weight excluding hydrogens is 320 g/mol. The second kappa shape index (κ2) is 5.98. The van der Waals surface area contributed by atoms with Gasteiger partial charge >= 0.3 is 0 Å². The first-order valence-corrected chi connectivity index (χ1v) is 7.79. The maximum Gasteiger partial charge on any atom is 0.152 e. The molecule has 0 fully saturated rings. The fourth-order valence-corrected chi connectivity index (χ4v) is 3.05. The van der Waals surface area contributed by atoms with E-state index in [1.54, 1.807) is 0 Å². The number of halogens is 2. The highest BCUT2D eigenvalue weighted by Gasteiger charge is 2.17. The molecule has 2 nitrogen and oxygen atoms in total. The number of aromatic amines is 1. The standard InChI is InChI=1S/C21H13F2NO/c22-15-7-8-19(23)17(11-15)21-18(12-25)16-10-14(6-9-20(16)24-21)13-4-2-1-3-5-13/h1-12,24H. The van der Waals surface area contributed by atoms with Crippen LogP contribution >= 0.6 is 0 Å². The Hall–Kier alpha value is -3.27. The third-order valence-corrected chi connectivity index (χ3v) is 4.26. The van der Waals surface area contributed by atoms with Crippen molar-refractivity contribution in [3.63, 3.8) is 0 Å². The van der Waals surface area contributed by atoms with Crippen LogP contribution in [0.2, 0.25) is 0 Å². The molecule has 4 aromatic rings. The lowest BCUT2D eigenvalue weighted by molar-refractivity contribution is 0.112. The molecule has 3 aromatic carbocycles. The molecule has 0 unspecified atom stereocenters. The van der Waals surface area contributed by atoms with Crippen molar-refractivity contribution in [1.29, 1.82) is 0 Å². The normalized spacial score (nSPS) is 11.0. The van der Waals surface area contributed by atoms with Crippen molar-refractivity contribution in [1.82, 2.24) is 4.98 Å². The first kappa shape index (κ1) is 15.3. The molecule has 0 spiro atoms. The van der Waals surface area contributed by atoms with Gasteiger partial charge in [0.1, 0.15) is 11.6 Å². The topological polar surface area (TPSA) is 32.9 Å². The number of carbonyl (C=O) groups is 1. The van der Waals surface area contributed by atoms with Crippen molar-refractivity contribution < 1.29 is 13.6 Å². The number of nitrogens with one attached hydrogen (secondary N) is 1. The van der Waals surface area contributed by atoms with Crippen LogP contribution in [-0.2, 0) is 0 Å². The van der Waals surface area contributed by atoms with Gasteiger partial charge in [0.05, 0.1) is 5.69 Å². The Morgan fingerprint density at radius 1 is 0.840 bits per heavy atom. The number of carbonyl (C=O) groups excluding carboxylic acids is 1. The maximum atomic E-state index is 14.1. The molecule has 25 heavy (non-hydrogen) atoms. The number of H-pyrrole nitrogens is 1. The first-order valence-electron chi connectivity index (χ1n) is 7.79. The molecule has 1 aromatic heterocycles. The Kier molecular flexibility index (Phi) is 3.65. The van der Waals surface area contributed by atoms with E-state index in [0.29, 0.717) is 22.8 Å². The van der Waals surface area contributed by atoms with Crippen LogP contribution in [-0.4, -0.2) is 11.3 Å². The average Bonchev–Trinajstić information content (AvgIpc) is 3.02. The summed E-state index contributed by atoms with van der Waals surface area (Å²) in [5, 5.41) is 0.676. The van der Waals surface area contributed by atoms with Crippen molar-refractivity contribution in [3.05, 3.63) is 83.9 Å². The Bertz CT molecular complexity index is 1080. The van der Waals surface area contributed by atoms with E-state index in [-0.39, 0.29) is 11.3 Å². The Morgan fingerprint density at radius 2 is 1.64 bits per heavy atom. The number of fused-ring (bicyclic) bond motifs is 1. The predicted octanol–water partition coefficient (Wildman–Crippen LogP) is 5.59. The molecule has 4 heteroatoms. The summed E-state index contributed by atoms with van der Waals surface area (Å²) in [6, 6.07) is 18.6. The minimum Gasteiger partial charge on any atom is -0.354 e. The van der Waals surface area contributed by atoms with Crippen molar-refractivity contribution in [2.45, 2.75) is 0 Å². The molecule has 0 aliphatic rings. The summed E-state index contributed by atoms with van der Waals surface area (Å²) in [5.74, 6) is -1.14. The summed E-state index contributed by atoms with van der Waals surface area (Å²) in [6.07, 6.45) is 0.674. The quantitative estimate of drug-likeness (QED) is 0.487. The van der Waals surface area contributed by atoms with Gasteiger partial charge in [-0.2, -0.15) is 0 Å². The van der Waals surface area contributed by atoms with Gasteiger partial charge in [-0.15, -0.1) is 0 Å². The van der Waals surface area contributed by atoms with Gasteiger partial charge in [0.25, 0.3) is 0 Å². The van der Waals surface area contributed by atoms with Crippen LogP contribution < -0.4 is 0 Å². The van der Waals surface area contributed by atoms with E-state index in [1.807, 2.05) is 48.5 Å². The highest BCUT2D eigenvalue weighted by atomic mass is 19.1. The summed E-state index contributed by atoms with van der Waals surface area (Å²) in [4.78, 5) is 14.7. The summed E-state index contributed by atoms with van der Waals surface area (Å²) in [7, 11) is 0. The van der Waals surface area contributed by atoms with Gasteiger partial charge in [-0.1, -0.05) is 36.4 Å². The SMILES string of the molecule is O=Cc1c(-c2cc(F)ccc2F)[nH]c2ccc(-c3ccccc3)cc12. The number of hydrogen-bond donors (Lipinski definition) is 1. The highest BCUT2D eigenvalue weighted by Crippen LogP contribution is 2.33. The van der Waals surface area contributed by atoms with E-state index in [1.165, 1.54) is 0 Å². The molecule has 1 heterocycles. The van der Waals surface area contributed by atoms with Crippen LogP contribution in [0.25, 0.3) is 33.3 Å². The number of aromatic nitrogens is 1. The molecule has 0 bridgehead atoms. The minimum atomic E-state index is -0.584. The molecule has 122 valence electrons. The van der Waals surface area contributed by atoms with Crippen molar-refractivity contribution in [3.8, 4) is 22.4 Å². The van der Waals surface area contributed by atoms with Crippen molar-refractivity contribution in [2.75, 3.05) is 0 Å². The van der Waals surface area contributed by atoms with Gasteiger partial charge in [-0.05, 0) is 41.5 Å². The molecule has 1 N–H and O–H groups in total. The fraction of sp³-hybridized carbons (Fsp3) is 0. The lowest BCUT2D eigenvalue weighted by Crippen LogP contribution is -1.90. The number of benzene rings is 3. The third-order valence-electron chi connectivity index (χ3n) is 4.26. The van der Waals surface area contributed by atoms with Gasteiger partial charge in [-0.3, -0.25) is 4.79 Å². The molecule has 0 aliphatic heterocycles. The predicted molar refractivity (Wildman–Crippen MR) is 94.5 cm³/mol. The van der Waals surface area contributed by atoms with Gasteiger partial charge in [0, 0.05) is 22.0 Å². The lowest BCUT2D eigenvalue weighted by Gasteiger charge is -2.03. The van der Waals surface area contributed by atoms with Crippen molar-refractivity contribution in [2.24, 2.45) is 0 Å². The van der Waals surface area contributed by atoms with Gasteiger partial charge in [-0.25, -0.2) is 8.78 Å². The average molecular weight is 333 g/mol. The minimum absolute atomic E-state index is 0.0413. The lowest BCUT2D eigenvalue weighted by atomic mass is 10.0. The largest absolute Gasteiger partial charge is 0.354 e. The van der Waals surface area contributed by atoms with Gasteiger partial charge in [0.15, 0.2) is 6.29 Å². The van der Waals surface area contributed by atoms with Crippen LogP contribution in [0.15, 0.2) is 66.7 Å². The van der Waals surface area contributed by atoms with E-state index in [4.69, 9.17) is 0 Å². The zero-order chi connectivity index (χ0) is 17.4. The summed E-state index contributed by atoms with van der Waals surface area (Å²) in [5.41, 5.74) is 3.30. The van der Waals surface area contributed by atoms with Crippen LogP contribution in [0.4, 0.5) is 8.78 Å². The number of rotatable bonds is 3. The molecule has 4 rings (SSSR count). The molecule has 0 amide bonds. The van der Waals surface area contributed by atoms with E-state index < -0.39 is 11.6 Å².